The SMILES string of the molecule is COc1ccc(NC(=O)COc2ccc3c(c2)OCCO3)cc1. The summed E-state index contributed by atoms with van der Waals surface area (Å²) in [6.45, 7) is 0.956. The zero-order valence-electron chi connectivity index (χ0n) is 12.7. The number of anilines is 1. The van der Waals surface area contributed by atoms with E-state index in [-0.39, 0.29) is 12.5 Å². The third kappa shape index (κ3) is 3.85. The zero-order valence-corrected chi connectivity index (χ0v) is 12.7. The predicted octanol–water partition coefficient (Wildman–Crippen LogP) is 2.48. The molecule has 23 heavy (non-hydrogen) atoms. The Hall–Kier alpha value is -2.89. The molecule has 1 aliphatic rings. The number of ether oxygens (including phenoxy) is 4. The Labute approximate surface area is 133 Å². The lowest BCUT2D eigenvalue weighted by Crippen LogP contribution is -2.20. The Balaban J connectivity index is 1.54. The van der Waals surface area contributed by atoms with Crippen LogP contribution in [0.25, 0.3) is 0 Å². The van der Waals surface area contributed by atoms with Gasteiger partial charge in [-0.2, -0.15) is 0 Å². The highest BCUT2D eigenvalue weighted by molar-refractivity contribution is 5.91. The van der Waals surface area contributed by atoms with Crippen molar-refractivity contribution in [3.63, 3.8) is 0 Å². The van der Waals surface area contributed by atoms with Gasteiger partial charge in [0.1, 0.15) is 24.7 Å². The second kappa shape index (κ2) is 6.91. The zero-order chi connectivity index (χ0) is 16.1. The van der Waals surface area contributed by atoms with E-state index in [0.29, 0.717) is 36.1 Å². The standard InChI is InChI=1S/C17H17NO5/c1-20-13-4-2-12(3-5-13)18-17(19)11-23-14-6-7-15-16(10-14)22-9-8-21-15/h2-7,10H,8-9,11H2,1H3,(H,18,19). The van der Waals surface area contributed by atoms with Crippen LogP contribution >= 0.6 is 0 Å². The Kier molecular flexibility index (Phi) is 4.52. The van der Waals surface area contributed by atoms with E-state index >= 15 is 0 Å². The van der Waals surface area contributed by atoms with E-state index < -0.39 is 0 Å². The van der Waals surface area contributed by atoms with Crippen LogP contribution in [0.4, 0.5) is 5.69 Å². The highest BCUT2D eigenvalue weighted by Gasteiger charge is 2.13. The first kappa shape index (κ1) is 15.0. The molecule has 6 heteroatoms. The number of hydrogen-bond donors (Lipinski definition) is 1. The number of carbonyl (C=O) groups is 1. The number of fused-ring (bicyclic) bond motifs is 1. The van der Waals surface area contributed by atoms with Gasteiger partial charge >= 0.3 is 0 Å². The minimum Gasteiger partial charge on any atom is -0.497 e. The molecule has 2 aromatic carbocycles. The number of amides is 1. The monoisotopic (exact) mass is 315 g/mol. The lowest BCUT2D eigenvalue weighted by Gasteiger charge is -2.18. The van der Waals surface area contributed by atoms with Gasteiger partial charge in [-0.1, -0.05) is 0 Å². The third-order valence-electron chi connectivity index (χ3n) is 3.26. The van der Waals surface area contributed by atoms with Crippen LogP contribution in [0.5, 0.6) is 23.0 Å². The Morgan fingerprint density at radius 2 is 1.74 bits per heavy atom. The molecule has 0 aromatic heterocycles. The average molecular weight is 315 g/mol. The van der Waals surface area contributed by atoms with Crippen molar-refractivity contribution in [1.29, 1.82) is 0 Å². The highest BCUT2D eigenvalue weighted by atomic mass is 16.6. The number of nitrogens with one attached hydrogen (secondary N) is 1. The molecule has 1 N–H and O–H groups in total. The Morgan fingerprint density at radius 3 is 2.48 bits per heavy atom. The van der Waals surface area contributed by atoms with Crippen molar-refractivity contribution in [2.75, 3.05) is 32.2 Å². The smallest absolute Gasteiger partial charge is 0.262 e. The number of hydrogen-bond acceptors (Lipinski definition) is 5. The molecule has 1 aliphatic heterocycles. The van der Waals surface area contributed by atoms with Crippen LogP contribution in [0, 0.1) is 0 Å². The highest BCUT2D eigenvalue weighted by Crippen LogP contribution is 2.33. The van der Waals surface area contributed by atoms with E-state index in [9.17, 15) is 4.79 Å². The van der Waals surface area contributed by atoms with Crippen LogP contribution in [-0.4, -0.2) is 32.8 Å². The van der Waals surface area contributed by atoms with Gasteiger partial charge in [0.2, 0.25) is 0 Å². The fourth-order valence-electron chi connectivity index (χ4n) is 2.13. The van der Waals surface area contributed by atoms with Gasteiger partial charge in [-0.15, -0.1) is 0 Å². The maximum atomic E-state index is 11.9. The fourth-order valence-corrected chi connectivity index (χ4v) is 2.13. The lowest BCUT2D eigenvalue weighted by atomic mass is 10.3. The molecule has 1 amide bonds. The Bertz CT molecular complexity index is 684. The third-order valence-corrected chi connectivity index (χ3v) is 3.26. The first-order valence-electron chi connectivity index (χ1n) is 7.21. The minimum atomic E-state index is -0.245. The molecule has 120 valence electrons. The van der Waals surface area contributed by atoms with E-state index in [1.807, 2.05) is 0 Å². The van der Waals surface area contributed by atoms with E-state index in [4.69, 9.17) is 18.9 Å². The second-order valence-corrected chi connectivity index (χ2v) is 4.87. The van der Waals surface area contributed by atoms with Crippen molar-refractivity contribution >= 4 is 11.6 Å². The molecule has 0 saturated heterocycles. The van der Waals surface area contributed by atoms with E-state index in [1.54, 1.807) is 49.6 Å². The maximum absolute atomic E-state index is 11.9. The van der Waals surface area contributed by atoms with Crippen molar-refractivity contribution in [1.82, 2.24) is 0 Å². The van der Waals surface area contributed by atoms with Gasteiger partial charge in [0.05, 0.1) is 7.11 Å². The molecule has 0 fully saturated rings. The topological polar surface area (TPSA) is 66.0 Å². The first-order chi connectivity index (χ1) is 11.2. The normalized spacial score (nSPS) is 12.4. The summed E-state index contributed by atoms with van der Waals surface area (Å²) < 4.78 is 21.4. The summed E-state index contributed by atoms with van der Waals surface area (Å²) in [6, 6.07) is 12.3. The van der Waals surface area contributed by atoms with Crippen LogP contribution in [0.15, 0.2) is 42.5 Å². The fraction of sp³-hybridized carbons (Fsp3) is 0.235. The summed E-state index contributed by atoms with van der Waals surface area (Å²) in [5.41, 5.74) is 0.682. The molecular weight excluding hydrogens is 298 g/mol. The number of methoxy groups -OCH3 is 1. The minimum absolute atomic E-state index is 0.0916. The molecule has 0 bridgehead atoms. The number of carbonyl (C=O) groups excluding carboxylic acids is 1. The molecule has 0 spiro atoms. The average Bonchev–Trinajstić information content (AvgIpc) is 2.60. The van der Waals surface area contributed by atoms with Crippen LogP contribution in [0.1, 0.15) is 0 Å². The molecule has 2 aromatic rings. The van der Waals surface area contributed by atoms with Gasteiger partial charge in [-0.05, 0) is 36.4 Å². The maximum Gasteiger partial charge on any atom is 0.262 e. The molecule has 0 atom stereocenters. The number of rotatable bonds is 5. The van der Waals surface area contributed by atoms with E-state index in [1.165, 1.54) is 0 Å². The summed E-state index contributed by atoms with van der Waals surface area (Å²) >= 11 is 0. The summed E-state index contributed by atoms with van der Waals surface area (Å²) in [6.07, 6.45) is 0. The van der Waals surface area contributed by atoms with Crippen LogP contribution < -0.4 is 24.3 Å². The van der Waals surface area contributed by atoms with Gasteiger partial charge in [0.25, 0.3) is 5.91 Å². The van der Waals surface area contributed by atoms with Crippen LogP contribution in [0.3, 0.4) is 0 Å². The molecule has 0 unspecified atom stereocenters. The van der Waals surface area contributed by atoms with Gasteiger partial charge < -0.3 is 24.3 Å². The summed E-state index contributed by atoms with van der Waals surface area (Å²) in [5.74, 6) is 2.36. The van der Waals surface area contributed by atoms with Crippen molar-refractivity contribution < 1.29 is 23.7 Å². The van der Waals surface area contributed by atoms with Crippen molar-refractivity contribution in [2.24, 2.45) is 0 Å². The molecule has 0 saturated carbocycles. The van der Waals surface area contributed by atoms with E-state index in [0.717, 1.165) is 5.75 Å². The van der Waals surface area contributed by atoms with Crippen molar-refractivity contribution in [3.05, 3.63) is 42.5 Å². The van der Waals surface area contributed by atoms with Crippen molar-refractivity contribution in [2.45, 2.75) is 0 Å². The van der Waals surface area contributed by atoms with Crippen LogP contribution in [0.2, 0.25) is 0 Å². The van der Waals surface area contributed by atoms with Crippen LogP contribution in [-0.2, 0) is 4.79 Å². The summed E-state index contributed by atoms with van der Waals surface area (Å²) in [5, 5.41) is 2.75. The van der Waals surface area contributed by atoms with Gasteiger partial charge in [-0.3, -0.25) is 4.79 Å². The van der Waals surface area contributed by atoms with Gasteiger partial charge in [0, 0.05) is 11.8 Å². The molecule has 0 aliphatic carbocycles. The molecule has 3 rings (SSSR count). The second-order valence-electron chi connectivity index (χ2n) is 4.87. The number of benzene rings is 2. The quantitative estimate of drug-likeness (QED) is 0.918. The molecule has 6 nitrogen and oxygen atoms in total. The molecule has 1 heterocycles. The first-order valence-corrected chi connectivity index (χ1v) is 7.21. The van der Waals surface area contributed by atoms with E-state index in [2.05, 4.69) is 5.32 Å². The van der Waals surface area contributed by atoms with Gasteiger partial charge in [0.15, 0.2) is 18.1 Å². The molecule has 0 radical (unpaired) electrons. The van der Waals surface area contributed by atoms with Crippen molar-refractivity contribution in [3.8, 4) is 23.0 Å². The van der Waals surface area contributed by atoms with Gasteiger partial charge in [-0.25, -0.2) is 0 Å². The largest absolute Gasteiger partial charge is 0.497 e. The predicted molar refractivity (Wildman–Crippen MR) is 84.6 cm³/mol. The Morgan fingerprint density at radius 1 is 1.04 bits per heavy atom. The summed E-state index contributed by atoms with van der Waals surface area (Å²) in [7, 11) is 1.59. The molecular formula is C17H17NO5. The summed E-state index contributed by atoms with van der Waals surface area (Å²) in [4.78, 5) is 11.9. The lowest BCUT2D eigenvalue weighted by molar-refractivity contribution is -0.118.